The molecule has 180 valence electrons. The predicted molar refractivity (Wildman–Crippen MR) is 140 cm³/mol. The van der Waals surface area contributed by atoms with E-state index in [0.29, 0.717) is 28.1 Å². The second kappa shape index (κ2) is 10.3. The molecule has 6 nitrogen and oxygen atoms in total. The van der Waals surface area contributed by atoms with E-state index in [9.17, 15) is 4.79 Å². The summed E-state index contributed by atoms with van der Waals surface area (Å²) in [7, 11) is 0. The molecule has 0 spiro atoms. The summed E-state index contributed by atoms with van der Waals surface area (Å²) in [4.78, 5) is 21.7. The summed E-state index contributed by atoms with van der Waals surface area (Å²) in [5.41, 5.74) is 9.51. The van der Waals surface area contributed by atoms with E-state index in [1.165, 1.54) is 5.56 Å². The van der Waals surface area contributed by atoms with Crippen LogP contribution in [-0.2, 0) is 6.54 Å². The number of benzene rings is 3. The van der Waals surface area contributed by atoms with Crippen LogP contribution in [0.25, 0.3) is 22.4 Å². The molecule has 0 bridgehead atoms. The summed E-state index contributed by atoms with van der Waals surface area (Å²) >= 11 is 12.2. The highest BCUT2D eigenvalue weighted by atomic mass is 35.5. The molecule has 2 heterocycles. The summed E-state index contributed by atoms with van der Waals surface area (Å²) in [5.74, 6) is 1.59. The number of nitrogens with two attached hydrogens (primary N) is 1. The maximum absolute atomic E-state index is 11.4. The molecule has 1 unspecified atom stereocenters. The highest BCUT2D eigenvalue weighted by molar-refractivity contribution is 6.42. The van der Waals surface area contributed by atoms with Gasteiger partial charge in [-0.25, -0.2) is 4.98 Å². The lowest BCUT2D eigenvalue weighted by Gasteiger charge is -2.32. The van der Waals surface area contributed by atoms with Crippen molar-refractivity contribution in [2.45, 2.75) is 19.4 Å². The fourth-order valence-electron chi connectivity index (χ4n) is 4.55. The van der Waals surface area contributed by atoms with Crippen LogP contribution in [0.4, 0.5) is 0 Å². The van der Waals surface area contributed by atoms with Crippen LogP contribution < -0.4 is 10.5 Å². The SMILES string of the molecule is NC(=O)c1ccc2nc(-c3ccc(OCC4CCCN(Cc5ccc(Cl)c(Cl)c5)C4)cc3)[nH]c2c1. The fourth-order valence-corrected chi connectivity index (χ4v) is 4.87. The Balaban J connectivity index is 1.18. The zero-order valence-electron chi connectivity index (χ0n) is 19.1. The van der Waals surface area contributed by atoms with Crippen LogP contribution in [0.5, 0.6) is 5.75 Å². The molecule has 1 atom stereocenters. The first-order valence-corrected chi connectivity index (χ1v) is 12.4. The van der Waals surface area contributed by atoms with Crippen LogP contribution in [0.15, 0.2) is 60.7 Å². The Hall–Kier alpha value is -3.06. The van der Waals surface area contributed by atoms with Crippen LogP contribution in [0.1, 0.15) is 28.8 Å². The Morgan fingerprint density at radius 3 is 2.69 bits per heavy atom. The van der Waals surface area contributed by atoms with E-state index in [-0.39, 0.29) is 0 Å². The molecule has 1 amide bonds. The zero-order valence-corrected chi connectivity index (χ0v) is 20.6. The number of imidazole rings is 1. The Kier molecular flexibility index (Phi) is 6.95. The van der Waals surface area contributed by atoms with E-state index in [1.54, 1.807) is 18.2 Å². The number of H-pyrrole nitrogens is 1. The van der Waals surface area contributed by atoms with E-state index < -0.39 is 5.91 Å². The lowest BCUT2D eigenvalue weighted by Crippen LogP contribution is -2.37. The minimum Gasteiger partial charge on any atom is -0.493 e. The fraction of sp³-hybridized carbons (Fsp3) is 0.259. The minimum absolute atomic E-state index is 0.453. The number of carbonyl (C=O) groups is 1. The monoisotopic (exact) mass is 508 g/mol. The number of carbonyl (C=O) groups excluding carboxylic acids is 1. The molecule has 0 aliphatic carbocycles. The van der Waals surface area contributed by atoms with Gasteiger partial charge in [0.1, 0.15) is 11.6 Å². The minimum atomic E-state index is -0.458. The van der Waals surface area contributed by atoms with Crippen molar-refractivity contribution in [3.05, 3.63) is 81.8 Å². The predicted octanol–water partition coefficient (Wildman–Crippen LogP) is 5.93. The number of piperidine rings is 1. The van der Waals surface area contributed by atoms with Crippen LogP contribution in [0, 0.1) is 5.92 Å². The Labute approximate surface area is 214 Å². The van der Waals surface area contributed by atoms with Crippen molar-refractivity contribution < 1.29 is 9.53 Å². The van der Waals surface area contributed by atoms with E-state index in [4.69, 9.17) is 33.7 Å². The number of fused-ring (bicyclic) bond motifs is 1. The van der Waals surface area contributed by atoms with Gasteiger partial charge in [0.15, 0.2) is 0 Å². The first kappa shape index (κ1) is 23.7. The largest absolute Gasteiger partial charge is 0.493 e. The highest BCUT2D eigenvalue weighted by Gasteiger charge is 2.21. The normalized spacial score (nSPS) is 16.5. The Morgan fingerprint density at radius 1 is 1.09 bits per heavy atom. The number of halogens is 2. The van der Waals surface area contributed by atoms with E-state index >= 15 is 0 Å². The van der Waals surface area contributed by atoms with Gasteiger partial charge in [-0.05, 0) is 79.5 Å². The van der Waals surface area contributed by atoms with Gasteiger partial charge in [0.25, 0.3) is 0 Å². The molecule has 0 saturated carbocycles. The topological polar surface area (TPSA) is 84.2 Å². The smallest absolute Gasteiger partial charge is 0.248 e. The molecule has 5 rings (SSSR count). The molecule has 1 aliphatic heterocycles. The van der Waals surface area contributed by atoms with Crippen molar-refractivity contribution in [3.8, 4) is 17.1 Å². The number of likely N-dealkylation sites (tertiary alicyclic amines) is 1. The van der Waals surface area contributed by atoms with Crippen LogP contribution in [0.3, 0.4) is 0 Å². The maximum Gasteiger partial charge on any atom is 0.248 e. The molecule has 35 heavy (non-hydrogen) atoms. The molecular weight excluding hydrogens is 483 g/mol. The average Bonchev–Trinajstić information content (AvgIpc) is 3.29. The van der Waals surface area contributed by atoms with Crippen molar-refractivity contribution in [1.29, 1.82) is 0 Å². The molecule has 0 radical (unpaired) electrons. The van der Waals surface area contributed by atoms with Gasteiger partial charge in [-0.1, -0.05) is 29.3 Å². The Morgan fingerprint density at radius 2 is 1.91 bits per heavy atom. The molecule has 3 N–H and O–H groups in total. The molecule has 1 aliphatic rings. The van der Waals surface area contributed by atoms with Gasteiger partial charge in [-0.3, -0.25) is 9.69 Å². The van der Waals surface area contributed by atoms with Gasteiger partial charge >= 0.3 is 0 Å². The number of hydrogen-bond donors (Lipinski definition) is 2. The summed E-state index contributed by atoms with van der Waals surface area (Å²) in [6.45, 7) is 3.60. The molecule has 1 fully saturated rings. The van der Waals surface area contributed by atoms with Gasteiger partial charge in [0, 0.05) is 30.1 Å². The van der Waals surface area contributed by atoms with Gasteiger partial charge in [0.2, 0.25) is 5.91 Å². The summed E-state index contributed by atoms with van der Waals surface area (Å²) in [6, 6.07) is 18.9. The number of nitrogens with one attached hydrogen (secondary N) is 1. The third-order valence-electron chi connectivity index (χ3n) is 6.37. The second-order valence-electron chi connectivity index (χ2n) is 9.01. The van der Waals surface area contributed by atoms with Crippen molar-refractivity contribution in [2.24, 2.45) is 11.7 Å². The third kappa shape index (κ3) is 5.61. The molecular formula is C27H26Cl2N4O2. The van der Waals surface area contributed by atoms with Crippen LogP contribution >= 0.6 is 23.2 Å². The summed E-state index contributed by atoms with van der Waals surface area (Å²) < 4.78 is 6.12. The standard InChI is InChI=1S/C27H26Cl2N4O2/c28-22-9-3-17(12-23(22)29)14-33-11-1-2-18(15-33)16-35-21-7-4-19(5-8-21)27-31-24-10-6-20(26(30)34)13-25(24)32-27/h3-10,12-13,18H,1-2,11,14-16H2,(H2,30,34)(H,31,32). The van der Waals surface area contributed by atoms with Gasteiger partial charge in [0.05, 0.1) is 27.7 Å². The van der Waals surface area contributed by atoms with Crippen molar-refractivity contribution in [2.75, 3.05) is 19.7 Å². The van der Waals surface area contributed by atoms with Crippen molar-refractivity contribution >= 4 is 40.1 Å². The number of ether oxygens (including phenoxy) is 1. The van der Waals surface area contributed by atoms with Crippen molar-refractivity contribution in [1.82, 2.24) is 14.9 Å². The quantitative estimate of drug-likeness (QED) is 0.324. The molecule has 1 aromatic heterocycles. The third-order valence-corrected chi connectivity index (χ3v) is 7.11. The highest BCUT2D eigenvalue weighted by Crippen LogP contribution is 2.27. The summed E-state index contributed by atoms with van der Waals surface area (Å²) in [5, 5.41) is 1.19. The number of rotatable bonds is 7. The number of primary amides is 1. The van der Waals surface area contributed by atoms with E-state index in [2.05, 4.69) is 14.9 Å². The lowest BCUT2D eigenvalue weighted by molar-refractivity contribution is 0.100. The first-order chi connectivity index (χ1) is 16.9. The number of aromatic nitrogens is 2. The molecule has 3 aromatic carbocycles. The number of amides is 1. The number of nitrogens with zero attached hydrogens (tertiary/aromatic N) is 2. The molecule has 1 saturated heterocycles. The number of hydrogen-bond acceptors (Lipinski definition) is 4. The number of aromatic amines is 1. The second-order valence-corrected chi connectivity index (χ2v) is 9.82. The van der Waals surface area contributed by atoms with Crippen molar-refractivity contribution in [3.63, 3.8) is 0 Å². The van der Waals surface area contributed by atoms with Crippen LogP contribution in [0.2, 0.25) is 10.0 Å². The Bertz CT molecular complexity index is 1350. The van der Waals surface area contributed by atoms with Crippen LogP contribution in [-0.4, -0.2) is 40.5 Å². The van der Waals surface area contributed by atoms with E-state index in [0.717, 1.165) is 60.6 Å². The van der Waals surface area contributed by atoms with Gasteiger partial charge in [-0.2, -0.15) is 0 Å². The first-order valence-electron chi connectivity index (χ1n) is 11.6. The maximum atomic E-state index is 11.4. The lowest BCUT2D eigenvalue weighted by atomic mass is 9.98. The van der Waals surface area contributed by atoms with E-state index in [1.807, 2.05) is 42.5 Å². The van der Waals surface area contributed by atoms with Gasteiger partial charge < -0.3 is 15.5 Å². The van der Waals surface area contributed by atoms with Gasteiger partial charge in [-0.15, -0.1) is 0 Å². The molecule has 4 aromatic rings. The summed E-state index contributed by atoms with van der Waals surface area (Å²) in [6.07, 6.45) is 2.31. The molecule has 8 heteroatoms. The average molecular weight is 509 g/mol. The zero-order chi connectivity index (χ0) is 24.4.